The molecular weight excluding hydrogens is 350 g/mol. The average molecular weight is 380 g/mol. The third-order valence-electron chi connectivity index (χ3n) is 4.82. The molecule has 0 spiro atoms. The first-order valence-electron chi connectivity index (χ1n) is 9.93. The Bertz CT molecular complexity index is 946. The lowest BCUT2D eigenvalue weighted by atomic mass is 10.1. The normalized spacial score (nSPS) is 11.0. The Morgan fingerprint density at radius 3 is 2.75 bits per heavy atom. The second-order valence-corrected chi connectivity index (χ2v) is 7.23. The molecule has 28 heavy (non-hydrogen) atoms. The first kappa shape index (κ1) is 19.9. The molecule has 0 aliphatic heterocycles. The quantitative estimate of drug-likeness (QED) is 0.567. The van der Waals surface area contributed by atoms with Crippen molar-refractivity contribution < 1.29 is 9.53 Å². The number of aromatic nitrogens is 2. The molecule has 1 N–H and O–H groups in total. The maximum atomic E-state index is 11.1. The predicted molar refractivity (Wildman–Crippen MR) is 113 cm³/mol. The lowest BCUT2D eigenvalue weighted by molar-refractivity contribution is -0.118. The van der Waals surface area contributed by atoms with E-state index in [4.69, 9.17) is 9.72 Å². The SMILES string of the molecule is CC(=O)NCCc1nc2ccccc2n1CCCCOc1ccc(C)cc1C. The number of fused-ring (bicyclic) bond motifs is 1. The number of carbonyl (C=O) groups excluding carboxylic acids is 1. The van der Waals surface area contributed by atoms with Gasteiger partial charge < -0.3 is 14.6 Å². The Kier molecular flexibility index (Phi) is 6.69. The van der Waals surface area contributed by atoms with E-state index in [1.165, 1.54) is 11.1 Å². The molecule has 0 saturated carbocycles. The van der Waals surface area contributed by atoms with E-state index < -0.39 is 0 Å². The van der Waals surface area contributed by atoms with Gasteiger partial charge in [0.05, 0.1) is 17.6 Å². The molecule has 1 heterocycles. The van der Waals surface area contributed by atoms with Crippen molar-refractivity contribution in [1.29, 1.82) is 0 Å². The van der Waals surface area contributed by atoms with Gasteiger partial charge in [-0.1, -0.05) is 29.8 Å². The van der Waals surface area contributed by atoms with Crippen molar-refractivity contribution in [3.63, 3.8) is 0 Å². The number of aryl methyl sites for hydroxylation is 3. The highest BCUT2D eigenvalue weighted by Gasteiger charge is 2.10. The fourth-order valence-corrected chi connectivity index (χ4v) is 3.43. The highest BCUT2D eigenvalue weighted by atomic mass is 16.5. The van der Waals surface area contributed by atoms with E-state index in [0.29, 0.717) is 13.2 Å². The summed E-state index contributed by atoms with van der Waals surface area (Å²) in [4.78, 5) is 15.9. The zero-order chi connectivity index (χ0) is 19.9. The summed E-state index contributed by atoms with van der Waals surface area (Å²) in [5, 5.41) is 2.86. The summed E-state index contributed by atoms with van der Waals surface area (Å²) in [6.45, 7) is 7.92. The van der Waals surface area contributed by atoms with E-state index in [2.05, 4.69) is 41.9 Å². The van der Waals surface area contributed by atoms with Gasteiger partial charge in [-0.25, -0.2) is 4.98 Å². The molecule has 0 saturated heterocycles. The van der Waals surface area contributed by atoms with E-state index in [-0.39, 0.29) is 5.91 Å². The monoisotopic (exact) mass is 379 g/mol. The molecule has 148 valence electrons. The largest absolute Gasteiger partial charge is 0.493 e. The van der Waals surface area contributed by atoms with Crippen LogP contribution >= 0.6 is 0 Å². The standard InChI is InChI=1S/C23H29N3O2/c1-17-10-11-22(18(2)16-17)28-15-7-6-14-26-21-9-5-4-8-20(21)25-23(26)12-13-24-19(3)27/h4-5,8-11,16H,6-7,12-15H2,1-3H3,(H,24,27). The second-order valence-electron chi connectivity index (χ2n) is 7.23. The van der Waals surface area contributed by atoms with Gasteiger partial charge in [-0.05, 0) is 50.5 Å². The number of imidazole rings is 1. The number of benzene rings is 2. The number of hydrogen-bond acceptors (Lipinski definition) is 3. The number of carbonyl (C=O) groups is 1. The van der Waals surface area contributed by atoms with E-state index >= 15 is 0 Å². The number of hydrogen-bond donors (Lipinski definition) is 1. The van der Waals surface area contributed by atoms with E-state index in [1.54, 1.807) is 6.92 Å². The van der Waals surface area contributed by atoms with Crippen LogP contribution in [0.4, 0.5) is 0 Å². The number of nitrogens with one attached hydrogen (secondary N) is 1. The molecule has 0 fully saturated rings. The van der Waals surface area contributed by atoms with Gasteiger partial charge in [-0.2, -0.15) is 0 Å². The van der Waals surface area contributed by atoms with Gasteiger partial charge in [0.1, 0.15) is 11.6 Å². The fourth-order valence-electron chi connectivity index (χ4n) is 3.43. The topological polar surface area (TPSA) is 56.2 Å². The lowest BCUT2D eigenvalue weighted by Crippen LogP contribution is -2.23. The molecule has 0 aliphatic rings. The van der Waals surface area contributed by atoms with Crippen molar-refractivity contribution in [3.8, 4) is 5.75 Å². The molecule has 1 aromatic heterocycles. The summed E-state index contributed by atoms with van der Waals surface area (Å²) in [7, 11) is 0. The third-order valence-corrected chi connectivity index (χ3v) is 4.82. The Labute approximate surface area is 166 Å². The Morgan fingerprint density at radius 1 is 1.14 bits per heavy atom. The van der Waals surface area contributed by atoms with Crippen molar-refractivity contribution in [2.24, 2.45) is 0 Å². The summed E-state index contributed by atoms with van der Waals surface area (Å²) in [5.41, 5.74) is 4.59. The van der Waals surface area contributed by atoms with Gasteiger partial charge >= 0.3 is 0 Å². The summed E-state index contributed by atoms with van der Waals surface area (Å²) in [6.07, 6.45) is 2.72. The molecule has 2 aromatic carbocycles. The third kappa shape index (κ3) is 5.12. The van der Waals surface area contributed by atoms with Crippen LogP contribution in [0.3, 0.4) is 0 Å². The average Bonchev–Trinajstić information content (AvgIpc) is 3.00. The first-order chi connectivity index (χ1) is 13.5. The number of nitrogens with zero attached hydrogens (tertiary/aromatic N) is 2. The van der Waals surface area contributed by atoms with Crippen LogP contribution in [0.2, 0.25) is 0 Å². The zero-order valence-electron chi connectivity index (χ0n) is 17.0. The maximum absolute atomic E-state index is 11.1. The van der Waals surface area contributed by atoms with E-state index in [0.717, 1.165) is 48.4 Å². The Morgan fingerprint density at radius 2 is 1.96 bits per heavy atom. The molecule has 5 nitrogen and oxygen atoms in total. The van der Waals surface area contributed by atoms with Crippen LogP contribution in [0.5, 0.6) is 5.75 Å². The second kappa shape index (κ2) is 9.40. The fraction of sp³-hybridized carbons (Fsp3) is 0.391. The minimum absolute atomic E-state index is 0.00814. The van der Waals surface area contributed by atoms with Crippen LogP contribution in [-0.2, 0) is 17.8 Å². The van der Waals surface area contributed by atoms with E-state index in [9.17, 15) is 4.79 Å². The summed E-state index contributed by atoms with van der Waals surface area (Å²) >= 11 is 0. The van der Waals surface area contributed by atoms with Crippen molar-refractivity contribution >= 4 is 16.9 Å². The molecule has 0 aliphatic carbocycles. The lowest BCUT2D eigenvalue weighted by Gasteiger charge is -2.11. The van der Waals surface area contributed by atoms with Crippen molar-refractivity contribution in [2.75, 3.05) is 13.2 Å². The summed E-state index contributed by atoms with van der Waals surface area (Å²) in [5.74, 6) is 1.98. The van der Waals surface area contributed by atoms with E-state index in [1.807, 2.05) is 24.3 Å². The molecule has 1 amide bonds. The number of ether oxygens (including phenoxy) is 1. The van der Waals surface area contributed by atoms with Crippen LogP contribution in [0.15, 0.2) is 42.5 Å². The van der Waals surface area contributed by atoms with Gasteiger partial charge in [-0.3, -0.25) is 4.79 Å². The predicted octanol–water partition coefficient (Wildman–Crippen LogP) is 4.19. The zero-order valence-corrected chi connectivity index (χ0v) is 17.0. The van der Waals surface area contributed by atoms with Gasteiger partial charge in [0.15, 0.2) is 0 Å². The number of rotatable bonds is 9. The molecular formula is C23H29N3O2. The maximum Gasteiger partial charge on any atom is 0.216 e. The summed E-state index contributed by atoms with van der Waals surface area (Å²) < 4.78 is 8.22. The molecule has 0 radical (unpaired) electrons. The minimum atomic E-state index is -0.00814. The molecule has 5 heteroatoms. The van der Waals surface area contributed by atoms with Crippen LogP contribution in [0.1, 0.15) is 36.7 Å². The van der Waals surface area contributed by atoms with Crippen LogP contribution < -0.4 is 10.1 Å². The van der Waals surface area contributed by atoms with Gasteiger partial charge in [0, 0.05) is 26.4 Å². The van der Waals surface area contributed by atoms with Gasteiger partial charge in [-0.15, -0.1) is 0 Å². The smallest absolute Gasteiger partial charge is 0.216 e. The van der Waals surface area contributed by atoms with Crippen LogP contribution in [-0.4, -0.2) is 28.6 Å². The number of amides is 1. The number of para-hydroxylation sites is 2. The van der Waals surface area contributed by atoms with Crippen molar-refractivity contribution in [2.45, 2.75) is 46.6 Å². The molecule has 0 atom stereocenters. The Balaban J connectivity index is 1.57. The molecule has 0 bridgehead atoms. The van der Waals surface area contributed by atoms with Crippen molar-refractivity contribution in [3.05, 3.63) is 59.4 Å². The van der Waals surface area contributed by atoms with Gasteiger partial charge in [0.2, 0.25) is 5.91 Å². The van der Waals surface area contributed by atoms with Gasteiger partial charge in [0.25, 0.3) is 0 Å². The van der Waals surface area contributed by atoms with Crippen LogP contribution in [0, 0.1) is 13.8 Å². The first-order valence-corrected chi connectivity index (χ1v) is 9.93. The highest BCUT2D eigenvalue weighted by molar-refractivity contribution is 5.76. The van der Waals surface area contributed by atoms with Crippen molar-refractivity contribution in [1.82, 2.24) is 14.9 Å². The highest BCUT2D eigenvalue weighted by Crippen LogP contribution is 2.20. The van der Waals surface area contributed by atoms with Crippen LogP contribution in [0.25, 0.3) is 11.0 Å². The summed E-state index contributed by atoms with van der Waals surface area (Å²) in [6, 6.07) is 14.5. The minimum Gasteiger partial charge on any atom is -0.493 e. The number of unbranched alkanes of at least 4 members (excludes halogenated alkanes) is 1. The molecule has 0 unspecified atom stereocenters. The molecule has 3 aromatic rings. The molecule has 3 rings (SSSR count). The Hall–Kier alpha value is -2.82.